The Morgan fingerprint density at radius 2 is 2.00 bits per heavy atom. The molecule has 2 heteroatoms. The molecule has 1 fully saturated rings. The summed E-state index contributed by atoms with van der Waals surface area (Å²) in [7, 11) is 0. The lowest BCUT2D eigenvalue weighted by Gasteiger charge is -2.28. The van der Waals surface area contributed by atoms with E-state index >= 15 is 0 Å². The first-order valence-electron chi connectivity index (χ1n) is 6.20. The van der Waals surface area contributed by atoms with Crippen LogP contribution in [-0.4, -0.2) is 23.6 Å². The van der Waals surface area contributed by atoms with Crippen molar-refractivity contribution in [2.75, 3.05) is 11.5 Å². The van der Waals surface area contributed by atoms with E-state index in [9.17, 15) is 0 Å². The van der Waals surface area contributed by atoms with Crippen molar-refractivity contribution in [1.82, 2.24) is 5.32 Å². The van der Waals surface area contributed by atoms with Crippen LogP contribution in [0.2, 0.25) is 0 Å². The van der Waals surface area contributed by atoms with E-state index in [1.165, 1.54) is 50.0 Å². The van der Waals surface area contributed by atoms with Gasteiger partial charge in [-0.1, -0.05) is 26.7 Å². The summed E-state index contributed by atoms with van der Waals surface area (Å²) in [5.41, 5.74) is 0. The lowest BCUT2D eigenvalue weighted by Crippen LogP contribution is -2.41. The molecule has 1 nitrogen and oxygen atoms in total. The van der Waals surface area contributed by atoms with E-state index in [0.717, 1.165) is 12.1 Å². The summed E-state index contributed by atoms with van der Waals surface area (Å²) in [6.45, 7) is 4.58. The van der Waals surface area contributed by atoms with Crippen molar-refractivity contribution >= 4 is 11.8 Å². The first kappa shape index (κ1) is 12.4. The largest absolute Gasteiger partial charge is 0.310 e. The predicted octanol–water partition coefficient (Wildman–Crippen LogP) is 3.44. The Balaban J connectivity index is 2.21. The average Bonchev–Trinajstić information content (AvgIpc) is 2.20. The van der Waals surface area contributed by atoms with Gasteiger partial charge in [0.15, 0.2) is 0 Å². The van der Waals surface area contributed by atoms with Gasteiger partial charge in [0, 0.05) is 17.8 Å². The van der Waals surface area contributed by atoms with Crippen LogP contribution in [0.4, 0.5) is 0 Å². The molecule has 0 radical (unpaired) electrons. The zero-order valence-corrected chi connectivity index (χ0v) is 10.5. The molecule has 1 unspecified atom stereocenters. The summed E-state index contributed by atoms with van der Waals surface area (Å²) in [6, 6.07) is 1.59. The maximum absolute atomic E-state index is 3.84. The van der Waals surface area contributed by atoms with Gasteiger partial charge in [-0.3, -0.25) is 0 Å². The topological polar surface area (TPSA) is 12.0 Å². The van der Waals surface area contributed by atoms with Gasteiger partial charge in [0.1, 0.15) is 0 Å². The fourth-order valence-corrected chi connectivity index (χ4v) is 3.30. The monoisotopic (exact) mass is 215 g/mol. The van der Waals surface area contributed by atoms with Crippen molar-refractivity contribution in [3.63, 3.8) is 0 Å². The molecule has 14 heavy (non-hydrogen) atoms. The maximum Gasteiger partial charge on any atom is 0.0161 e. The van der Waals surface area contributed by atoms with E-state index in [1.807, 2.05) is 0 Å². The quantitative estimate of drug-likeness (QED) is 0.728. The van der Waals surface area contributed by atoms with Crippen LogP contribution in [0.25, 0.3) is 0 Å². The van der Waals surface area contributed by atoms with Crippen LogP contribution in [0.5, 0.6) is 0 Å². The second kappa shape index (κ2) is 7.58. The van der Waals surface area contributed by atoms with Crippen LogP contribution < -0.4 is 5.32 Å². The Labute approximate surface area is 93.4 Å². The van der Waals surface area contributed by atoms with Gasteiger partial charge < -0.3 is 5.32 Å². The number of hydrogen-bond acceptors (Lipinski definition) is 2. The fourth-order valence-electron chi connectivity index (χ4n) is 2.21. The standard InChI is InChI=1S/C12H25NS/c1-3-6-11(7-4-2)13-12-8-5-9-14-10-12/h11-13H,3-10H2,1-2H3. The van der Waals surface area contributed by atoms with Gasteiger partial charge in [-0.15, -0.1) is 0 Å². The van der Waals surface area contributed by atoms with Crippen LogP contribution in [0.3, 0.4) is 0 Å². The van der Waals surface area contributed by atoms with Crippen molar-refractivity contribution in [2.24, 2.45) is 0 Å². The molecule has 1 saturated heterocycles. The van der Waals surface area contributed by atoms with Crippen molar-refractivity contribution in [2.45, 2.75) is 64.5 Å². The van der Waals surface area contributed by atoms with Crippen LogP contribution in [0.1, 0.15) is 52.4 Å². The van der Waals surface area contributed by atoms with Gasteiger partial charge >= 0.3 is 0 Å². The van der Waals surface area contributed by atoms with E-state index in [4.69, 9.17) is 0 Å². The minimum absolute atomic E-state index is 0.786. The summed E-state index contributed by atoms with van der Waals surface area (Å²) in [4.78, 5) is 0. The summed E-state index contributed by atoms with van der Waals surface area (Å²) in [5, 5.41) is 3.84. The molecule has 0 aromatic heterocycles. The fraction of sp³-hybridized carbons (Fsp3) is 1.00. The Kier molecular flexibility index (Phi) is 6.70. The molecule has 1 atom stereocenters. The SMILES string of the molecule is CCCC(CCC)NC1CCCSC1. The number of rotatable bonds is 6. The summed E-state index contributed by atoms with van der Waals surface area (Å²) in [6.07, 6.45) is 8.16. The number of hydrogen-bond donors (Lipinski definition) is 1. The molecule has 0 spiro atoms. The van der Waals surface area contributed by atoms with Crippen molar-refractivity contribution in [3.05, 3.63) is 0 Å². The van der Waals surface area contributed by atoms with Gasteiger partial charge in [-0.25, -0.2) is 0 Å². The second-order valence-electron chi connectivity index (χ2n) is 4.36. The second-order valence-corrected chi connectivity index (χ2v) is 5.50. The molecule has 1 rings (SSSR count). The van der Waals surface area contributed by atoms with E-state index in [1.54, 1.807) is 0 Å². The highest BCUT2D eigenvalue weighted by Gasteiger charge is 2.16. The third-order valence-electron chi connectivity index (χ3n) is 2.91. The van der Waals surface area contributed by atoms with Crippen molar-refractivity contribution < 1.29 is 0 Å². The molecule has 84 valence electrons. The lowest BCUT2D eigenvalue weighted by atomic mass is 10.0. The van der Waals surface area contributed by atoms with Gasteiger partial charge in [0.25, 0.3) is 0 Å². The molecule has 1 heterocycles. The van der Waals surface area contributed by atoms with Crippen LogP contribution in [0.15, 0.2) is 0 Å². The first-order chi connectivity index (χ1) is 6.86. The van der Waals surface area contributed by atoms with Gasteiger partial charge in [-0.05, 0) is 31.4 Å². The predicted molar refractivity (Wildman–Crippen MR) is 67.1 cm³/mol. The normalized spacial score (nSPS) is 22.9. The smallest absolute Gasteiger partial charge is 0.0161 e. The lowest BCUT2D eigenvalue weighted by molar-refractivity contribution is 0.383. The molecule has 1 aliphatic rings. The maximum atomic E-state index is 3.84. The number of nitrogens with one attached hydrogen (secondary N) is 1. The van der Waals surface area contributed by atoms with Crippen LogP contribution in [-0.2, 0) is 0 Å². The minimum Gasteiger partial charge on any atom is -0.310 e. The molecule has 0 aromatic rings. The first-order valence-corrected chi connectivity index (χ1v) is 7.36. The van der Waals surface area contributed by atoms with Gasteiger partial charge in [0.2, 0.25) is 0 Å². The van der Waals surface area contributed by atoms with Gasteiger partial charge in [-0.2, -0.15) is 11.8 Å². The molecule has 1 N–H and O–H groups in total. The molecule has 0 aromatic carbocycles. The molecule has 0 amide bonds. The van der Waals surface area contributed by atoms with Crippen molar-refractivity contribution in [3.8, 4) is 0 Å². The Morgan fingerprint density at radius 1 is 1.29 bits per heavy atom. The Morgan fingerprint density at radius 3 is 2.50 bits per heavy atom. The molecule has 1 aliphatic heterocycles. The molecular weight excluding hydrogens is 190 g/mol. The third kappa shape index (κ3) is 4.70. The highest BCUT2D eigenvalue weighted by Crippen LogP contribution is 2.18. The van der Waals surface area contributed by atoms with Crippen LogP contribution >= 0.6 is 11.8 Å². The highest BCUT2D eigenvalue weighted by atomic mass is 32.2. The summed E-state index contributed by atoms with van der Waals surface area (Å²) >= 11 is 2.12. The average molecular weight is 215 g/mol. The van der Waals surface area contributed by atoms with Gasteiger partial charge in [0.05, 0.1) is 0 Å². The zero-order chi connectivity index (χ0) is 10.2. The molecular formula is C12H25NS. The minimum atomic E-state index is 0.786. The molecule has 0 bridgehead atoms. The highest BCUT2D eigenvalue weighted by molar-refractivity contribution is 7.99. The molecule has 0 aliphatic carbocycles. The molecule has 0 saturated carbocycles. The van der Waals surface area contributed by atoms with Crippen molar-refractivity contribution in [1.29, 1.82) is 0 Å². The summed E-state index contributed by atoms with van der Waals surface area (Å²) < 4.78 is 0. The Hall–Kier alpha value is 0.310. The van der Waals surface area contributed by atoms with E-state index < -0.39 is 0 Å². The van der Waals surface area contributed by atoms with E-state index in [-0.39, 0.29) is 0 Å². The Bertz CT molecular complexity index is 126. The van der Waals surface area contributed by atoms with E-state index in [2.05, 4.69) is 30.9 Å². The third-order valence-corrected chi connectivity index (χ3v) is 4.12. The summed E-state index contributed by atoms with van der Waals surface area (Å²) in [5.74, 6) is 2.72. The number of thioether (sulfide) groups is 1. The van der Waals surface area contributed by atoms with E-state index in [0.29, 0.717) is 0 Å². The van der Waals surface area contributed by atoms with Crippen LogP contribution in [0, 0.1) is 0 Å². The zero-order valence-electron chi connectivity index (χ0n) is 9.72.